The van der Waals surface area contributed by atoms with Crippen LogP contribution in [0.25, 0.3) is 0 Å². The number of hydrogen-bond donors (Lipinski definition) is 1. The Morgan fingerprint density at radius 3 is 2.75 bits per heavy atom. The van der Waals surface area contributed by atoms with Crippen molar-refractivity contribution >= 4 is 48.7 Å². The summed E-state index contributed by atoms with van der Waals surface area (Å²) in [5.41, 5.74) is 0. The summed E-state index contributed by atoms with van der Waals surface area (Å²) in [4.78, 5) is 0.721. The first-order valence-corrected chi connectivity index (χ1v) is 8.53. The molecule has 0 radical (unpaired) electrons. The molecule has 2 rings (SSSR count). The molecule has 0 aromatic carbocycles. The van der Waals surface area contributed by atoms with Crippen LogP contribution in [-0.4, -0.2) is 25.0 Å². The third-order valence-corrected chi connectivity index (χ3v) is 7.01. The van der Waals surface area contributed by atoms with Crippen LogP contribution in [0.3, 0.4) is 0 Å². The van der Waals surface area contributed by atoms with E-state index in [-0.39, 0.29) is 17.4 Å². The standard InChI is InChI=1S/C9H10BrClO3S2/c10-6-3-7(15-9(6)11)8(12)5-1-2-16(13,14)4-5/h3,5,8,12H,1-2,4H2. The summed E-state index contributed by atoms with van der Waals surface area (Å²) in [5, 5.41) is 10.1. The molecule has 90 valence electrons. The monoisotopic (exact) mass is 344 g/mol. The van der Waals surface area contributed by atoms with E-state index in [1.807, 2.05) is 0 Å². The minimum absolute atomic E-state index is 0.0707. The quantitative estimate of drug-likeness (QED) is 0.896. The normalized spacial score (nSPS) is 25.8. The van der Waals surface area contributed by atoms with Gasteiger partial charge in [0.25, 0.3) is 0 Å². The number of hydrogen-bond acceptors (Lipinski definition) is 4. The second kappa shape index (κ2) is 4.57. The molecule has 2 atom stereocenters. The van der Waals surface area contributed by atoms with E-state index in [4.69, 9.17) is 11.6 Å². The molecule has 7 heteroatoms. The molecule has 2 heterocycles. The molecule has 1 aromatic heterocycles. The number of halogens is 2. The molecule has 1 aliphatic rings. The van der Waals surface area contributed by atoms with Crippen LogP contribution in [-0.2, 0) is 9.84 Å². The Bertz CT molecular complexity index is 477. The molecule has 0 saturated carbocycles. The molecular weight excluding hydrogens is 336 g/mol. The Hall–Kier alpha value is 0.380. The molecule has 0 spiro atoms. The van der Waals surface area contributed by atoms with Gasteiger partial charge in [0.1, 0.15) is 4.34 Å². The van der Waals surface area contributed by atoms with E-state index in [1.54, 1.807) is 6.07 Å². The van der Waals surface area contributed by atoms with Gasteiger partial charge < -0.3 is 5.11 Å². The van der Waals surface area contributed by atoms with E-state index < -0.39 is 15.9 Å². The van der Waals surface area contributed by atoms with Crippen molar-refractivity contribution < 1.29 is 13.5 Å². The third-order valence-electron chi connectivity index (χ3n) is 2.67. The van der Waals surface area contributed by atoms with E-state index >= 15 is 0 Å². The van der Waals surface area contributed by atoms with E-state index in [0.717, 1.165) is 9.35 Å². The Morgan fingerprint density at radius 1 is 1.62 bits per heavy atom. The minimum Gasteiger partial charge on any atom is -0.387 e. The number of rotatable bonds is 2. The maximum Gasteiger partial charge on any atom is 0.150 e. The smallest absolute Gasteiger partial charge is 0.150 e. The highest BCUT2D eigenvalue weighted by Gasteiger charge is 2.34. The van der Waals surface area contributed by atoms with E-state index in [0.29, 0.717) is 10.8 Å². The van der Waals surface area contributed by atoms with Crippen molar-refractivity contribution in [2.75, 3.05) is 11.5 Å². The number of sulfone groups is 1. The maximum atomic E-state index is 11.3. The predicted octanol–water partition coefficient (Wildman–Crippen LogP) is 2.63. The number of aliphatic hydroxyl groups is 1. The molecule has 0 aliphatic carbocycles. The fourth-order valence-corrected chi connectivity index (χ4v) is 5.46. The third kappa shape index (κ3) is 2.61. The van der Waals surface area contributed by atoms with E-state index in [9.17, 15) is 13.5 Å². The van der Waals surface area contributed by atoms with Crippen LogP contribution in [0.15, 0.2) is 10.5 Å². The lowest BCUT2D eigenvalue weighted by Crippen LogP contribution is -2.13. The number of aliphatic hydroxyl groups excluding tert-OH is 1. The zero-order valence-electron chi connectivity index (χ0n) is 8.19. The maximum absolute atomic E-state index is 11.3. The van der Waals surface area contributed by atoms with E-state index in [1.165, 1.54) is 11.3 Å². The van der Waals surface area contributed by atoms with Crippen LogP contribution >= 0.6 is 38.9 Å². The van der Waals surface area contributed by atoms with Gasteiger partial charge in [-0.15, -0.1) is 11.3 Å². The molecule has 1 N–H and O–H groups in total. The summed E-state index contributed by atoms with van der Waals surface area (Å²) in [6, 6.07) is 1.75. The summed E-state index contributed by atoms with van der Waals surface area (Å²) in [6.45, 7) is 0. The Labute approximate surface area is 111 Å². The van der Waals surface area contributed by atoms with Gasteiger partial charge in [-0.25, -0.2) is 8.42 Å². The Balaban J connectivity index is 2.17. The SMILES string of the molecule is O=S1(=O)CCC(C(O)c2cc(Br)c(Cl)s2)C1. The summed E-state index contributed by atoms with van der Waals surface area (Å²) < 4.78 is 23.9. The van der Waals surface area contributed by atoms with Gasteiger partial charge in [-0.2, -0.15) is 0 Å². The van der Waals surface area contributed by atoms with Crippen molar-refractivity contribution in [3.05, 3.63) is 19.8 Å². The van der Waals surface area contributed by atoms with Crippen molar-refractivity contribution in [1.29, 1.82) is 0 Å². The molecule has 16 heavy (non-hydrogen) atoms. The molecule has 0 bridgehead atoms. The van der Waals surface area contributed by atoms with Crippen molar-refractivity contribution in [2.24, 2.45) is 5.92 Å². The average Bonchev–Trinajstić information content (AvgIpc) is 2.70. The highest BCUT2D eigenvalue weighted by atomic mass is 79.9. The van der Waals surface area contributed by atoms with Crippen LogP contribution in [0.4, 0.5) is 0 Å². The van der Waals surface area contributed by atoms with Crippen LogP contribution in [0, 0.1) is 5.92 Å². The first-order valence-electron chi connectivity index (χ1n) is 4.72. The zero-order chi connectivity index (χ0) is 11.9. The van der Waals surface area contributed by atoms with Gasteiger partial charge in [-0.3, -0.25) is 0 Å². The predicted molar refractivity (Wildman–Crippen MR) is 68.7 cm³/mol. The molecule has 1 saturated heterocycles. The summed E-state index contributed by atoms with van der Waals surface area (Å²) in [5.74, 6) is 0.0441. The van der Waals surface area contributed by atoms with Gasteiger partial charge in [0.2, 0.25) is 0 Å². The van der Waals surface area contributed by atoms with Crippen molar-refractivity contribution in [1.82, 2.24) is 0 Å². The van der Waals surface area contributed by atoms with Gasteiger partial charge in [-0.05, 0) is 28.4 Å². The van der Waals surface area contributed by atoms with Gasteiger partial charge in [0.05, 0.1) is 17.6 Å². The topological polar surface area (TPSA) is 54.4 Å². The van der Waals surface area contributed by atoms with Crippen molar-refractivity contribution in [2.45, 2.75) is 12.5 Å². The van der Waals surface area contributed by atoms with Crippen molar-refractivity contribution in [3.8, 4) is 0 Å². The fourth-order valence-electron chi connectivity index (χ4n) is 1.81. The van der Waals surface area contributed by atoms with Gasteiger partial charge in [0, 0.05) is 15.3 Å². The Morgan fingerprint density at radius 2 is 2.31 bits per heavy atom. The van der Waals surface area contributed by atoms with Crippen molar-refractivity contribution in [3.63, 3.8) is 0 Å². The Kier molecular flexibility index (Phi) is 3.66. The summed E-state index contributed by atoms with van der Waals surface area (Å²) in [7, 11) is -2.95. The van der Waals surface area contributed by atoms with Crippen LogP contribution in [0.1, 0.15) is 17.4 Å². The fraction of sp³-hybridized carbons (Fsp3) is 0.556. The second-order valence-corrected chi connectivity index (χ2v) is 8.65. The van der Waals surface area contributed by atoms with E-state index in [2.05, 4.69) is 15.9 Å². The molecular formula is C9H10BrClO3S2. The summed E-state index contributed by atoms with van der Waals surface area (Å²) >= 11 is 10.4. The van der Waals surface area contributed by atoms with Crippen LogP contribution < -0.4 is 0 Å². The number of thiophene rings is 1. The highest BCUT2D eigenvalue weighted by molar-refractivity contribution is 9.10. The first kappa shape index (κ1) is 12.8. The molecule has 0 amide bonds. The highest BCUT2D eigenvalue weighted by Crippen LogP contribution is 2.39. The first-order chi connectivity index (χ1) is 7.39. The lowest BCUT2D eigenvalue weighted by atomic mass is 10.0. The molecule has 1 fully saturated rings. The van der Waals surface area contributed by atoms with Crippen LogP contribution in [0.5, 0.6) is 0 Å². The van der Waals surface area contributed by atoms with Crippen LogP contribution in [0.2, 0.25) is 4.34 Å². The molecule has 3 nitrogen and oxygen atoms in total. The van der Waals surface area contributed by atoms with Gasteiger partial charge in [-0.1, -0.05) is 11.6 Å². The summed E-state index contributed by atoms with van der Waals surface area (Å²) in [6.07, 6.45) is -0.206. The minimum atomic E-state index is -2.95. The largest absolute Gasteiger partial charge is 0.387 e. The molecule has 1 aromatic rings. The zero-order valence-corrected chi connectivity index (χ0v) is 12.2. The molecule has 2 unspecified atom stereocenters. The van der Waals surface area contributed by atoms with Gasteiger partial charge in [0.15, 0.2) is 9.84 Å². The lowest BCUT2D eigenvalue weighted by molar-refractivity contribution is 0.124. The molecule has 1 aliphatic heterocycles. The second-order valence-electron chi connectivity index (χ2n) is 3.88. The van der Waals surface area contributed by atoms with Gasteiger partial charge >= 0.3 is 0 Å². The lowest BCUT2D eigenvalue weighted by Gasteiger charge is -2.14. The average molecular weight is 346 g/mol.